The first-order valence-electron chi connectivity index (χ1n) is 2.94. The molecule has 0 atom stereocenters. The van der Waals surface area contributed by atoms with Crippen molar-refractivity contribution < 1.29 is 23.9 Å². The highest BCUT2D eigenvalue weighted by Gasteiger charge is 2.30. The molecule has 6 nitrogen and oxygen atoms in total. The van der Waals surface area contributed by atoms with Crippen molar-refractivity contribution in [2.75, 3.05) is 14.2 Å². The molecule has 0 aliphatic rings. The predicted octanol–water partition coefficient (Wildman–Crippen LogP) is -0.667. The van der Waals surface area contributed by atoms with Gasteiger partial charge in [-0.2, -0.15) is 0 Å². The van der Waals surface area contributed by atoms with E-state index in [2.05, 4.69) is 26.2 Å². The van der Waals surface area contributed by atoms with Gasteiger partial charge in [0, 0.05) is 6.72 Å². The third kappa shape index (κ3) is 2.57. The Labute approximate surface area is 69.1 Å². The predicted molar refractivity (Wildman–Crippen MR) is 38.5 cm³/mol. The Bertz CT molecular complexity index is 174. The molecule has 0 heterocycles. The van der Waals surface area contributed by atoms with Gasteiger partial charge >= 0.3 is 18.0 Å². The fourth-order valence-electron chi connectivity index (χ4n) is 0.471. The molecule has 0 bridgehead atoms. The van der Waals surface area contributed by atoms with Gasteiger partial charge in [-0.05, 0) is 0 Å². The number of carbonyl (C=O) groups is 2. The van der Waals surface area contributed by atoms with Crippen molar-refractivity contribution in [1.82, 2.24) is 0 Å². The van der Waals surface area contributed by atoms with E-state index in [0.29, 0.717) is 0 Å². The van der Waals surface area contributed by atoms with Crippen LogP contribution < -0.4 is 0 Å². The number of nitrogens with zero attached hydrogens (tertiary/aromatic N) is 1. The van der Waals surface area contributed by atoms with Crippen LogP contribution in [0.1, 0.15) is 0 Å². The fraction of sp³-hybridized carbons (Fsp3) is 0.500. The van der Waals surface area contributed by atoms with E-state index in [1.807, 2.05) is 0 Å². The van der Waals surface area contributed by atoms with Crippen LogP contribution in [0, 0.1) is 0 Å². The summed E-state index contributed by atoms with van der Waals surface area (Å²) in [7, 11) is 2.23. The van der Waals surface area contributed by atoms with Crippen molar-refractivity contribution in [3.05, 3.63) is 0 Å². The zero-order valence-corrected chi connectivity index (χ0v) is 6.77. The van der Waals surface area contributed by atoms with Crippen LogP contribution in [-0.4, -0.2) is 39.0 Å². The minimum absolute atomic E-state index is 0.880. The van der Waals surface area contributed by atoms with Crippen molar-refractivity contribution >= 4 is 18.7 Å². The van der Waals surface area contributed by atoms with Crippen LogP contribution in [0.2, 0.25) is 0 Å². The van der Waals surface area contributed by atoms with Gasteiger partial charge in [0.05, 0.1) is 14.2 Å². The highest BCUT2D eigenvalue weighted by atomic mass is 16.7. The number of carbonyl (C=O) groups excluding carboxylic acids is 2. The van der Waals surface area contributed by atoms with E-state index in [-0.39, 0.29) is 0 Å². The summed E-state index contributed by atoms with van der Waals surface area (Å²) in [6, 6.07) is 0. The third-order valence-electron chi connectivity index (χ3n) is 1.01. The van der Waals surface area contributed by atoms with E-state index in [1.165, 1.54) is 0 Å². The summed E-state index contributed by atoms with van der Waals surface area (Å²) in [4.78, 5) is 25.8. The maximum absolute atomic E-state index is 10.8. The van der Waals surface area contributed by atoms with Crippen LogP contribution in [0.4, 0.5) is 0 Å². The average molecular weight is 175 g/mol. The molecule has 0 unspecified atom stereocenters. The van der Waals surface area contributed by atoms with Crippen molar-refractivity contribution in [3.8, 4) is 0 Å². The maximum Gasteiger partial charge on any atom is 0.361 e. The highest BCUT2D eigenvalue weighted by Crippen LogP contribution is 1.97. The Morgan fingerprint density at radius 2 is 1.67 bits per heavy atom. The van der Waals surface area contributed by atoms with Gasteiger partial charge in [-0.1, -0.05) is 0 Å². The van der Waals surface area contributed by atoms with Crippen LogP contribution in [-0.2, 0) is 23.9 Å². The standard InChI is InChI=1S/C6H9NO5/c1-7-12-4(5(8)10-2)6(9)11-3/h4H,1H2,2-3H3. The Hall–Kier alpha value is -1.59. The molecule has 0 aliphatic heterocycles. The Balaban J connectivity index is 4.31. The number of hydrogen-bond donors (Lipinski definition) is 0. The molecule has 6 heteroatoms. The first-order chi connectivity index (χ1) is 5.67. The lowest BCUT2D eigenvalue weighted by molar-refractivity contribution is -0.169. The molecule has 0 N–H and O–H groups in total. The molecule has 0 aromatic rings. The number of esters is 2. The quantitative estimate of drug-likeness (QED) is 0.245. The molecule has 0 aromatic carbocycles. The van der Waals surface area contributed by atoms with Gasteiger partial charge < -0.3 is 14.3 Å². The Morgan fingerprint density at radius 1 is 1.25 bits per heavy atom. The van der Waals surface area contributed by atoms with Crippen molar-refractivity contribution in [2.45, 2.75) is 6.10 Å². The molecule has 0 saturated carbocycles. The second-order valence-electron chi connectivity index (χ2n) is 1.66. The van der Waals surface area contributed by atoms with E-state index < -0.39 is 18.0 Å². The minimum Gasteiger partial charge on any atom is -0.466 e. The zero-order chi connectivity index (χ0) is 9.56. The normalized spacial score (nSPS) is 8.92. The second-order valence-corrected chi connectivity index (χ2v) is 1.66. The van der Waals surface area contributed by atoms with Crippen LogP contribution in [0.3, 0.4) is 0 Å². The molecule has 0 rings (SSSR count). The topological polar surface area (TPSA) is 74.2 Å². The first-order valence-corrected chi connectivity index (χ1v) is 2.94. The van der Waals surface area contributed by atoms with Gasteiger partial charge in [0.2, 0.25) is 0 Å². The van der Waals surface area contributed by atoms with Crippen LogP contribution in [0.5, 0.6) is 0 Å². The second kappa shape index (κ2) is 5.11. The number of hydrogen-bond acceptors (Lipinski definition) is 6. The van der Waals surface area contributed by atoms with Crippen LogP contribution in [0.25, 0.3) is 0 Å². The molecule has 12 heavy (non-hydrogen) atoms. The first kappa shape index (κ1) is 10.4. The van der Waals surface area contributed by atoms with E-state index in [0.717, 1.165) is 14.2 Å². The van der Waals surface area contributed by atoms with Crippen LogP contribution in [0.15, 0.2) is 5.16 Å². The van der Waals surface area contributed by atoms with Crippen molar-refractivity contribution in [2.24, 2.45) is 5.16 Å². The summed E-state index contributed by atoms with van der Waals surface area (Å²) in [5.41, 5.74) is 0. The Morgan fingerprint density at radius 3 is 1.92 bits per heavy atom. The van der Waals surface area contributed by atoms with E-state index in [4.69, 9.17) is 0 Å². The number of ether oxygens (including phenoxy) is 2. The molecule has 0 fully saturated rings. The van der Waals surface area contributed by atoms with E-state index >= 15 is 0 Å². The van der Waals surface area contributed by atoms with Gasteiger partial charge in [0.15, 0.2) is 0 Å². The number of rotatable bonds is 4. The Kier molecular flexibility index (Phi) is 4.43. The maximum atomic E-state index is 10.8. The lowest BCUT2D eigenvalue weighted by atomic mass is 10.4. The van der Waals surface area contributed by atoms with Gasteiger partial charge in [-0.3, -0.25) is 0 Å². The van der Waals surface area contributed by atoms with Gasteiger partial charge in [0.25, 0.3) is 0 Å². The fourth-order valence-corrected chi connectivity index (χ4v) is 0.471. The highest BCUT2D eigenvalue weighted by molar-refractivity contribution is 5.97. The molecular formula is C6H9NO5. The van der Waals surface area contributed by atoms with Crippen LogP contribution >= 0.6 is 0 Å². The zero-order valence-electron chi connectivity index (χ0n) is 6.77. The summed E-state index contributed by atoms with van der Waals surface area (Å²) in [6.07, 6.45) is -1.49. The summed E-state index contributed by atoms with van der Waals surface area (Å²) < 4.78 is 8.47. The summed E-state index contributed by atoms with van der Waals surface area (Å²) in [6.45, 7) is 2.95. The molecule has 0 aliphatic carbocycles. The smallest absolute Gasteiger partial charge is 0.361 e. The largest absolute Gasteiger partial charge is 0.466 e. The van der Waals surface area contributed by atoms with Gasteiger partial charge in [0.1, 0.15) is 0 Å². The lowest BCUT2D eigenvalue weighted by Crippen LogP contribution is -2.33. The van der Waals surface area contributed by atoms with E-state index in [9.17, 15) is 9.59 Å². The molecule has 0 radical (unpaired) electrons. The van der Waals surface area contributed by atoms with Crippen molar-refractivity contribution in [3.63, 3.8) is 0 Å². The lowest BCUT2D eigenvalue weighted by Gasteiger charge is -2.08. The summed E-state index contributed by atoms with van der Waals surface area (Å²) >= 11 is 0. The molecule has 0 saturated heterocycles. The van der Waals surface area contributed by atoms with Crippen molar-refractivity contribution in [1.29, 1.82) is 0 Å². The molecular weight excluding hydrogens is 166 g/mol. The van der Waals surface area contributed by atoms with E-state index in [1.54, 1.807) is 0 Å². The van der Waals surface area contributed by atoms with Gasteiger partial charge in [-0.15, -0.1) is 5.16 Å². The SMILES string of the molecule is C=NOC(C(=O)OC)C(=O)OC. The average Bonchev–Trinajstić information content (AvgIpc) is 2.11. The molecule has 0 amide bonds. The molecule has 0 spiro atoms. The number of methoxy groups -OCH3 is 2. The molecule has 0 aromatic heterocycles. The third-order valence-corrected chi connectivity index (χ3v) is 1.01. The summed E-state index contributed by atoms with van der Waals surface area (Å²) in [5.74, 6) is -1.76. The minimum atomic E-state index is -1.49. The van der Waals surface area contributed by atoms with Gasteiger partial charge in [-0.25, -0.2) is 9.59 Å². The number of oxime groups is 1. The molecule has 68 valence electrons. The summed E-state index contributed by atoms with van der Waals surface area (Å²) in [5, 5.41) is 2.92. The monoisotopic (exact) mass is 175 g/mol.